The van der Waals surface area contributed by atoms with Crippen LogP contribution in [0.15, 0.2) is 0 Å². The highest BCUT2D eigenvalue weighted by molar-refractivity contribution is 5.85. The Kier molecular flexibility index (Phi) is 4.36. The summed E-state index contributed by atoms with van der Waals surface area (Å²) in [6, 6.07) is 0. The van der Waals surface area contributed by atoms with Crippen molar-refractivity contribution in [2.75, 3.05) is 24.7 Å². The molecule has 0 aromatic carbocycles. The minimum Gasteiger partial charge on any atom is -0.368 e. The number of hydrogen-bond acceptors (Lipinski definition) is 6. The van der Waals surface area contributed by atoms with Gasteiger partial charge in [0.25, 0.3) is 0 Å². The Bertz CT molecular complexity index is 276. The molecule has 0 atom stereocenters. The summed E-state index contributed by atoms with van der Waals surface area (Å²) >= 11 is 0. The molecular weight excluding hydrogens is 192 g/mol. The van der Waals surface area contributed by atoms with Gasteiger partial charge in [0.15, 0.2) is 0 Å². The number of nitrogens with zero attached hydrogens (tertiary/aromatic N) is 4. The summed E-state index contributed by atoms with van der Waals surface area (Å²) in [6.07, 6.45) is 0. The maximum Gasteiger partial charge on any atom is 0.229 e. The number of rotatable bonds is 2. The van der Waals surface area contributed by atoms with Gasteiger partial charge in [-0.1, -0.05) is 0 Å². The molecule has 1 aromatic rings. The molecule has 0 amide bonds. The standard InChI is InChI=1S/C6H12N6.ClH/c1-12(2)6-10-4(3-7)9-5(8)11-6;/h3,7H2,1-2H3,(H2,8,9,10,11);1H. The van der Waals surface area contributed by atoms with E-state index in [0.29, 0.717) is 11.8 Å². The van der Waals surface area contributed by atoms with Crippen LogP contribution >= 0.6 is 12.4 Å². The first kappa shape index (κ1) is 11.9. The summed E-state index contributed by atoms with van der Waals surface area (Å²) in [5.41, 5.74) is 10.8. The minimum atomic E-state index is 0. The van der Waals surface area contributed by atoms with Gasteiger partial charge >= 0.3 is 0 Å². The van der Waals surface area contributed by atoms with E-state index in [4.69, 9.17) is 11.5 Å². The van der Waals surface area contributed by atoms with Gasteiger partial charge in [-0.2, -0.15) is 15.0 Å². The molecule has 0 aliphatic heterocycles. The molecule has 0 saturated carbocycles. The molecule has 0 aliphatic rings. The third kappa shape index (κ3) is 3.00. The van der Waals surface area contributed by atoms with Gasteiger partial charge < -0.3 is 16.4 Å². The lowest BCUT2D eigenvalue weighted by Crippen LogP contribution is -2.17. The smallest absolute Gasteiger partial charge is 0.229 e. The van der Waals surface area contributed by atoms with Gasteiger partial charge in [0.1, 0.15) is 5.82 Å². The number of hydrogen-bond donors (Lipinski definition) is 2. The number of halogens is 1. The Balaban J connectivity index is 0.00000144. The Labute approximate surface area is 82.8 Å². The zero-order valence-electron chi connectivity index (χ0n) is 7.56. The van der Waals surface area contributed by atoms with Crippen molar-refractivity contribution in [2.45, 2.75) is 6.54 Å². The van der Waals surface area contributed by atoms with Crippen LogP contribution < -0.4 is 16.4 Å². The molecule has 0 aliphatic carbocycles. The highest BCUT2D eigenvalue weighted by atomic mass is 35.5. The molecule has 0 saturated heterocycles. The number of nitrogen functional groups attached to an aromatic ring is 1. The van der Waals surface area contributed by atoms with Gasteiger partial charge in [0.05, 0.1) is 6.54 Å². The average molecular weight is 205 g/mol. The monoisotopic (exact) mass is 204 g/mol. The van der Waals surface area contributed by atoms with Crippen LogP contribution in [0.3, 0.4) is 0 Å². The van der Waals surface area contributed by atoms with Crippen molar-refractivity contribution < 1.29 is 0 Å². The lowest BCUT2D eigenvalue weighted by atomic mass is 10.6. The zero-order chi connectivity index (χ0) is 9.14. The maximum absolute atomic E-state index is 5.43. The lowest BCUT2D eigenvalue weighted by molar-refractivity contribution is 0.860. The first-order valence-electron chi connectivity index (χ1n) is 3.51. The normalized spacial score (nSPS) is 9.15. The number of aromatic nitrogens is 3. The van der Waals surface area contributed by atoms with Crippen molar-refractivity contribution in [1.82, 2.24) is 15.0 Å². The SMILES string of the molecule is CN(C)c1nc(N)nc(CN)n1.Cl. The van der Waals surface area contributed by atoms with Gasteiger partial charge in [-0.05, 0) is 0 Å². The van der Waals surface area contributed by atoms with Crippen LogP contribution in [0, 0.1) is 0 Å². The van der Waals surface area contributed by atoms with Gasteiger partial charge in [-0.15, -0.1) is 12.4 Å². The fourth-order valence-corrected chi connectivity index (χ4v) is 0.716. The third-order valence-electron chi connectivity index (χ3n) is 1.27. The van der Waals surface area contributed by atoms with Gasteiger partial charge in [-0.3, -0.25) is 0 Å². The molecule has 4 N–H and O–H groups in total. The highest BCUT2D eigenvalue weighted by Crippen LogP contribution is 2.04. The summed E-state index contributed by atoms with van der Waals surface area (Å²) in [4.78, 5) is 13.5. The average Bonchev–Trinajstić information content (AvgIpc) is 2.03. The molecular formula is C6H13ClN6. The van der Waals surface area contributed by atoms with Crippen LogP contribution in [0.2, 0.25) is 0 Å². The van der Waals surface area contributed by atoms with Crippen LogP contribution in [-0.2, 0) is 6.54 Å². The lowest BCUT2D eigenvalue weighted by Gasteiger charge is -2.10. The van der Waals surface area contributed by atoms with Gasteiger partial charge in [0.2, 0.25) is 11.9 Å². The number of anilines is 2. The van der Waals surface area contributed by atoms with Gasteiger partial charge in [0, 0.05) is 14.1 Å². The molecule has 74 valence electrons. The molecule has 0 fully saturated rings. The van der Waals surface area contributed by atoms with E-state index in [9.17, 15) is 0 Å². The predicted octanol–water partition coefficient (Wildman–Crippen LogP) is -0.600. The maximum atomic E-state index is 5.43. The van der Waals surface area contributed by atoms with Gasteiger partial charge in [-0.25, -0.2) is 0 Å². The summed E-state index contributed by atoms with van der Waals surface area (Å²) in [6.45, 7) is 0.271. The van der Waals surface area contributed by atoms with E-state index < -0.39 is 0 Å². The largest absolute Gasteiger partial charge is 0.368 e. The molecule has 0 unspecified atom stereocenters. The van der Waals surface area contributed by atoms with E-state index in [1.165, 1.54) is 0 Å². The quantitative estimate of drug-likeness (QED) is 0.668. The van der Waals surface area contributed by atoms with Crippen LogP contribution in [0.1, 0.15) is 5.82 Å². The van der Waals surface area contributed by atoms with Crippen LogP contribution in [0.4, 0.5) is 11.9 Å². The van der Waals surface area contributed by atoms with E-state index in [-0.39, 0.29) is 24.9 Å². The Hall–Kier alpha value is -1.14. The van der Waals surface area contributed by atoms with E-state index in [1.54, 1.807) is 4.90 Å². The van der Waals surface area contributed by atoms with E-state index >= 15 is 0 Å². The number of nitrogens with two attached hydrogens (primary N) is 2. The molecule has 0 bridgehead atoms. The molecule has 7 heteroatoms. The van der Waals surface area contributed by atoms with Crippen molar-refractivity contribution in [1.29, 1.82) is 0 Å². The molecule has 1 heterocycles. The fraction of sp³-hybridized carbons (Fsp3) is 0.500. The second kappa shape index (κ2) is 4.78. The van der Waals surface area contributed by atoms with Crippen molar-refractivity contribution in [3.8, 4) is 0 Å². The topological polar surface area (TPSA) is 94.0 Å². The molecule has 0 spiro atoms. The van der Waals surface area contributed by atoms with E-state index in [2.05, 4.69) is 15.0 Å². The molecule has 0 radical (unpaired) electrons. The van der Waals surface area contributed by atoms with Crippen LogP contribution in [-0.4, -0.2) is 29.0 Å². The third-order valence-corrected chi connectivity index (χ3v) is 1.27. The zero-order valence-corrected chi connectivity index (χ0v) is 8.38. The molecule has 1 aromatic heterocycles. The van der Waals surface area contributed by atoms with Crippen molar-refractivity contribution in [3.05, 3.63) is 5.82 Å². The summed E-state index contributed by atoms with van der Waals surface area (Å²) in [5, 5.41) is 0. The van der Waals surface area contributed by atoms with E-state index in [0.717, 1.165) is 0 Å². The summed E-state index contributed by atoms with van der Waals surface area (Å²) in [5.74, 6) is 1.24. The van der Waals surface area contributed by atoms with Crippen LogP contribution in [0.25, 0.3) is 0 Å². The first-order chi connectivity index (χ1) is 5.63. The Morgan fingerprint density at radius 2 is 1.85 bits per heavy atom. The highest BCUT2D eigenvalue weighted by Gasteiger charge is 2.03. The molecule has 1 rings (SSSR count). The van der Waals surface area contributed by atoms with E-state index in [1.807, 2.05) is 14.1 Å². The second-order valence-corrected chi connectivity index (χ2v) is 2.51. The first-order valence-corrected chi connectivity index (χ1v) is 3.51. The van der Waals surface area contributed by atoms with Crippen LogP contribution in [0.5, 0.6) is 0 Å². The van der Waals surface area contributed by atoms with Crippen molar-refractivity contribution in [3.63, 3.8) is 0 Å². The minimum absolute atomic E-state index is 0. The predicted molar refractivity (Wildman–Crippen MR) is 53.7 cm³/mol. The Morgan fingerprint density at radius 1 is 1.23 bits per heavy atom. The summed E-state index contributed by atoms with van der Waals surface area (Å²) < 4.78 is 0. The Morgan fingerprint density at radius 3 is 2.31 bits per heavy atom. The van der Waals surface area contributed by atoms with Crippen molar-refractivity contribution in [2.24, 2.45) is 5.73 Å². The fourth-order valence-electron chi connectivity index (χ4n) is 0.716. The van der Waals surface area contributed by atoms with Crippen molar-refractivity contribution >= 4 is 24.3 Å². The molecule has 6 nitrogen and oxygen atoms in total. The molecule has 13 heavy (non-hydrogen) atoms. The second-order valence-electron chi connectivity index (χ2n) is 2.51. The summed E-state index contributed by atoms with van der Waals surface area (Å²) in [7, 11) is 3.66.